The van der Waals surface area contributed by atoms with Gasteiger partial charge in [-0.15, -0.1) is 0 Å². The standard InChI is InChI=1S/C40H48N2O4S2/c1-3-5-7-17-27-45-35-23-13-9-19-31(35)29-41-39(43)33-21-11-15-25-37(33)47-48-38-26-16-12-22-34(38)40(44)42-30-32-20-10-14-24-36(32)46-28-18-8-6-4-2/h9-16,19-26H,3-8,17-18,27-30H2,1-2H3,(H,41,43)(H,42,44). The van der Waals surface area contributed by atoms with Crippen molar-refractivity contribution in [1.29, 1.82) is 0 Å². The zero-order valence-corrected chi connectivity index (χ0v) is 29.8. The molecule has 4 aromatic rings. The topological polar surface area (TPSA) is 76.7 Å². The first kappa shape index (κ1) is 36.9. The highest BCUT2D eigenvalue weighted by Gasteiger charge is 2.16. The number of hydrogen-bond donors (Lipinski definition) is 2. The lowest BCUT2D eigenvalue weighted by atomic mass is 10.1. The number of amides is 2. The quantitative estimate of drug-likeness (QED) is 0.0672. The molecule has 254 valence electrons. The number of carbonyl (C=O) groups is 2. The molecule has 0 saturated heterocycles. The average Bonchev–Trinajstić information content (AvgIpc) is 3.13. The minimum absolute atomic E-state index is 0.159. The summed E-state index contributed by atoms with van der Waals surface area (Å²) < 4.78 is 12.1. The van der Waals surface area contributed by atoms with Gasteiger partial charge in [0.2, 0.25) is 0 Å². The van der Waals surface area contributed by atoms with E-state index in [1.165, 1.54) is 47.3 Å². The minimum atomic E-state index is -0.159. The van der Waals surface area contributed by atoms with Gasteiger partial charge in [0.1, 0.15) is 11.5 Å². The number of hydrogen-bond acceptors (Lipinski definition) is 6. The van der Waals surface area contributed by atoms with Crippen molar-refractivity contribution in [2.24, 2.45) is 0 Å². The van der Waals surface area contributed by atoms with E-state index in [2.05, 4.69) is 24.5 Å². The molecule has 0 unspecified atom stereocenters. The van der Waals surface area contributed by atoms with Gasteiger partial charge in [0.05, 0.1) is 24.3 Å². The summed E-state index contributed by atoms with van der Waals surface area (Å²) in [4.78, 5) is 28.4. The van der Waals surface area contributed by atoms with Crippen LogP contribution in [0.3, 0.4) is 0 Å². The Morgan fingerprint density at radius 2 is 0.917 bits per heavy atom. The molecule has 2 N–H and O–H groups in total. The van der Waals surface area contributed by atoms with Crippen molar-refractivity contribution in [2.45, 2.75) is 88.1 Å². The summed E-state index contributed by atoms with van der Waals surface area (Å²) in [5.74, 6) is 1.30. The van der Waals surface area contributed by atoms with Crippen LogP contribution in [-0.4, -0.2) is 25.0 Å². The number of rotatable bonds is 21. The summed E-state index contributed by atoms with van der Waals surface area (Å²) in [6.45, 7) is 6.46. The maximum absolute atomic E-state index is 13.4. The number of benzene rings is 4. The lowest BCUT2D eigenvalue weighted by molar-refractivity contribution is 0.0939. The summed E-state index contributed by atoms with van der Waals surface area (Å²) in [6.07, 6.45) is 9.13. The molecular formula is C40H48N2O4S2. The average molecular weight is 685 g/mol. The SMILES string of the molecule is CCCCCCOc1ccccc1CNC(=O)c1ccccc1SSc1ccccc1C(=O)NCc1ccccc1OCCCCCC. The predicted octanol–water partition coefficient (Wildman–Crippen LogP) is 10.3. The largest absolute Gasteiger partial charge is 0.493 e. The molecule has 0 atom stereocenters. The van der Waals surface area contributed by atoms with Crippen LogP contribution in [0.25, 0.3) is 0 Å². The maximum atomic E-state index is 13.4. The molecule has 8 heteroatoms. The Morgan fingerprint density at radius 1 is 0.521 bits per heavy atom. The van der Waals surface area contributed by atoms with E-state index in [4.69, 9.17) is 9.47 Å². The summed E-state index contributed by atoms with van der Waals surface area (Å²) in [5, 5.41) is 6.15. The number of para-hydroxylation sites is 2. The van der Waals surface area contributed by atoms with E-state index < -0.39 is 0 Å². The number of carbonyl (C=O) groups excluding carboxylic acids is 2. The van der Waals surface area contributed by atoms with E-state index in [0.717, 1.165) is 58.1 Å². The first-order valence-corrected chi connectivity index (χ1v) is 19.3. The molecule has 0 aliphatic heterocycles. The second-order valence-electron chi connectivity index (χ2n) is 11.6. The third kappa shape index (κ3) is 12.0. The molecule has 0 bridgehead atoms. The zero-order valence-electron chi connectivity index (χ0n) is 28.2. The van der Waals surface area contributed by atoms with E-state index in [9.17, 15) is 9.59 Å². The normalized spacial score (nSPS) is 10.8. The molecule has 4 rings (SSSR count). The summed E-state index contributed by atoms with van der Waals surface area (Å²) in [5.41, 5.74) is 3.06. The highest BCUT2D eigenvalue weighted by Crippen LogP contribution is 2.40. The van der Waals surface area contributed by atoms with Crippen LogP contribution in [0.2, 0.25) is 0 Å². The minimum Gasteiger partial charge on any atom is -0.493 e. The van der Waals surface area contributed by atoms with Gasteiger partial charge in [-0.05, 0) is 49.2 Å². The molecule has 48 heavy (non-hydrogen) atoms. The van der Waals surface area contributed by atoms with Crippen LogP contribution in [0.15, 0.2) is 107 Å². The van der Waals surface area contributed by atoms with E-state index >= 15 is 0 Å². The molecule has 0 spiro atoms. The predicted molar refractivity (Wildman–Crippen MR) is 199 cm³/mol. The van der Waals surface area contributed by atoms with Crippen LogP contribution < -0.4 is 20.1 Å². The molecule has 2 amide bonds. The van der Waals surface area contributed by atoms with Gasteiger partial charge < -0.3 is 20.1 Å². The lowest BCUT2D eigenvalue weighted by Crippen LogP contribution is -2.24. The molecule has 0 radical (unpaired) electrons. The van der Waals surface area contributed by atoms with Crippen LogP contribution >= 0.6 is 21.6 Å². The number of nitrogens with one attached hydrogen (secondary N) is 2. The first-order chi connectivity index (χ1) is 23.6. The fourth-order valence-electron chi connectivity index (χ4n) is 5.09. The Balaban J connectivity index is 1.34. The van der Waals surface area contributed by atoms with Crippen molar-refractivity contribution in [2.75, 3.05) is 13.2 Å². The molecule has 0 aromatic heterocycles. The molecule has 6 nitrogen and oxygen atoms in total. The highest BCUT2D eigenvalue weighted by atomic mass is 33.1. The van der Waals surface area contributed by atoms with E-state index in [0.29, 0.717) is 37.4 Å². The molecular weight excluding hydrogens is 637 g/mol. The maximum Gasteiger partial charge on any atom is 0.252 e. The van der Waals surface area contributed by atoms with Crippen molar-refractivity contribution in [1.82, 2.24) is 10.6 Å². The summed E-state index contributed by atoms with van der Waals surface area (Å²) in [6, 6.07) is 30.8. The molecule has 0 fully saturated rings. The van der Waals surface area contributed by atoms with Gasteiger partial charge in [-0.25, -0.2) is 0 Å². The van der Waals surface area contributed by atoms with Gasteiger partial charge >= 0.3 is 0 Å². The van der Waals surface area contributed by atoms with Gasteiger partial charge in [0, 0.05) is 34.0 Å². The zero-order chi connectivity index (χ0) is 33.8. The highest BCUT2D eigenvalue weighted by molar-refractivity contribution is 8.76. The first-order valence-electron chi connectivity index (χ1n) is 17.1. The van der Waals surface area contributed by atoms with Crippen molar-refractivity contribution in [3.8, 4) is 11.5 Å². The number of ether oxygens (including phenoxy) is 2. The summed E-state index contributed by atoms with van der Waals surface area (Å²) in [7, 11) is 2.93. The summed E-state index contributed by atoms with van der Waals surface area (Å²) >= 11 is 0. The van der Waals surface area contributed by atoms with Crippen LogP contribution in [0.1, 0.15) is 97.1 Å². The Morgan fingerprint density at radius 3 is 1.35 bits per heavy atom. The fraction of sp³-hybridized carbons (Fsp3) is 0.350. The Kier molecular flexibility index (Phi) is 16.3. The Bertz CT molecular complexity index is 1460. The van der Waals surface area contributed by atoms with Crippen LogP contribution in [0.5, 0.6) is 11.5 Å². The molecule has 4 aromatic carbocycles. The molecule has 0 saturated carbocycles. The molecule has 0 heterocycles. The van der Waals surface area contributed by atoms with Crippen molar-refractivity contribution >= 4 is 33.4 Å². The van der Waals surface area contributed by atoms with Crippen molar-refractivity contribution in [3.05, 3.63) is 119 Å². The monoisotopic (exact) mass is 684 g/mol. The van der Waals surface area contributed by atoms with Gasteiger partial charge in [-0.1, -0.05) is 135 Å². The van der Waals surface area contributed by atoms with Gasteiger partial charge in [-0.3, -0.25) is 9.59 Å². The third-order valence-electron chi connectivity index (χ3n) is 7.82. The van der Waals surface area contributed by atoms with Crippen LogP contribution in [0, 0.1) is 0 Å². The Labute approximate surface area is 294 Å². The van der Waals surface area contributed by atoms with Crippen LogP contribution in [0.4, 0.5) is 0 Å². The second-order valence-corrected chi connectivity index (χ2v) is 13.8. The lowest BCUT2D eigenvalue weighted by Gasteiger charge is -2.14. The van der Waals surface area contributed by atoms with Crippen molar-refractivity contribution in [3.63, 3.8) is 0 Å². The van der Waals surface area contributed by atoms with Gasteiger partial charge in [0.25, 0.3) is 11.8 Å². The van der Waals surface area contributed by atoms with Crippen LogP contribution in [-0.2, 0) is 13.1 Å². The third-order valence-corrected chi connectivity index (χ3v) is 10.3. The Hall–Kier alpha value is -3.88. The fourth-order valence-corrected chi connectivity index (χ4v) is 7.45. The second kappa shape index (κ2) is 21.2. The molecule has 0 aliphatic rings. The molecule has 0 aliphatic carbocycles. The van der Waals surface area contributed by atoms with Crippen molar-refractivity contribution < 1.29 is 19.1 Å². The van der Waals surface area contributed by atoms with E-state index in [1.54, 1.807) is 0 Å². The van der Waals surface area contributed by atoms with E-state index in [1.807, 2.05) is 97.1 Å². The number of unbranched alkanes of at least 4 members (excludes halogenated alkanes) is 6. The smallest absolute Gasteiger partial charge is 0.252 e. The van der Waals surface area contributed by atoms with Gasteiger partial charge in [-0.2, -0.15) is 0 Å². The van der Waals surface area contributed by atoms with E-state index in [-0.39, 0.29) is 11.8 Å². The van der Waals surface area contributed by atoms with Gasteiger partial charge in [0.15, 0.2) is 0 Å².